The molecule has 2 amide bonds. The van der Waals surface area contributed by atoms with Crippen LogP contribution in [-0.2, 0) is 19.3 Å². The van der Waals surface area contributed by atoms with E-state index in [1.807, 2.05) is 6.92 Å². The topological polar surface area (TPSA) is 98.2 Å². The molecule has 1 aliphatic rings. The minimum Gasteiger partial charge on any atom is -0.365 e. The second-order valence-corrected chi connectivity index (χ2v) is 6.77. The average molecular weight is 333 g/mol. The molecule has 0 atom stereocenters. The molecule has 122 valence electrons. The van der Waals surface area contributed by atoms with E-state index < -0.39 is 5.91 Å². The Morgan fingerprint density at radius 3 is 2.91 bits per heavy atom. The molecule has 2 aromatic rings. The molecule has 0 spiro atoms. The van der Waals surface area contributed by atoms with Crippen molar-refractivity contribution in [2.75, 3.05) is 5.32 Å². The predicted octanol–water partition coefficient (Wildman–Crippen LogP) is 2.92. The number of hydrogen-bond donors (Lipinski definition) is 2. The van der Waals surface area contributed by atoms with Gasteiger partial charge in [0.15, 0.2) is 5.69 Å². The van der Waals surface area contributed by atoms with Crippen LogP contribution in [0.1, 0.15) is 63.2 Å². The SMILES string of the molecule is CCCc1cc(C(=O)Nc2sc3c(c2C(N)=O)CCCC3)no1. The summed E-state index contributed by atoms with van der Waals surface area (Å²) in [6.07, 6.45) is 5.56. The normalized spacial score (nSPS) is 13.6. The smallest absolute Gasteiger partial charge is 0.278 e. The van der Waals surface area contributed by atoms with Crippen molar-refractivity contribution in [1.29, 1.82) is 0 Å². The quantitative estimate of drug-likeness (QED) is 0.879. The second kappa shape index (κ2) is 6.54. The zero-order valence-electron chi connectivity index (χ0n) is 13.0. The molecular weight excluding hydrogens is 314 g/mol. The van der Waals surface area contributed by atoms with Gasteiger partial charge in [-0.3, -0.25) is 9.59 Å². The van der Waals surface area contributed by atoms with Crippen molar-refractivity contribution in [3.63, 3.8) is 0 Å². The molecule has 0 radical (unpaired) electrons. The Balaban J connectivity index is 1.85. The van der Waals surface area contributed by atoms with E-state index in [4.69, 9.17) is 10.3 Å². The predicted molar refractivity (Wildman–Crippen MR) is 87.9 cm³/mol. The lowest BCUT2D eigenvalue weighted by atomic mass is 9.95. The van der Waals surface area contributed by atoms with E-state index in [1.165, 1.54) is 11.3 Å². The van der Waals surface area contributed by atoms with Gasteiger partial charge < -0.3 is 15.6 Å². The van der Waals surface area contributed by atoms with Gasteiger partial charge in [0.25, 0.3) is 11.8 Å². The molecule has 2 aromatic heterocycles. The fourth-order valence-electron chi connectivity index (χ4n) is 2.87. The molecular formula is C16H19N3O3S. The molecule has 0 fully saturated rings. The van der Waals surface area contributed by atoms with Gasteiger partial charge >= 0.3 is 0 Å². The van der Waals surface area contributed by atoms with E-state index in [0.717, 1.165) is 49.0 Å². The summed E-state index contributed by atoms with van der Waals surface area (Å²) in [7, 11) is 0. The molecule has 1 aliphatic carbocycles. The summed E-state index contributed by atoms with van der Waals surface area (Å²) < 4.78 is 5.12. The highest BCUT2D eigenvalue weighted by atomic mass is 32.1. The van der Waals surface area contributed by atoms with Gasteiger partial charge in [-0.25, -0.2) is 0 Å². The largest absolute Gasteiger partial charge is 0.365 e. The number of carbonyl (C=O) groups excluding carboxylic acids is 2. The summed E-state index contributed by atoms with van der Waals surface area (Å²) >= 11 is 1.44. The summed E-state index contributed by atoms with van der Waals surface area (Å²) in [6, 6.07) is 1.64. The first-order valence-electron chi connectivity index (χ1n) is 7.81. The van der Waals surface area contributed by atoms with Crippen LogP contribution in [0.3, 0.4) is 0 Å². The van der Waals surface area contributed by atoms with Crippen LogP contribution in [0.2, 0.25) is 0 Å². The molecule has 0 saturated carbocycles. The highest BCUT2D eigenvalue weighted by Gasteiger charge is 2.25. The van der Waals surface area contributed by atoms with Gasteiger partial charge in [0.1, 0.15) is 10.8 Å². The van der Waals surface area contributed by atoms with Gasteiger partial charge in [-0.2, -0.15) is 0 Å². The number of aromatic nitrogens is 1. The molecule has 23 heavy (non-hydrogen) atoms. The van der Waals surface area contributed by atoms with Gasteiger partial charge in [0, 0.05) is 17.4 Å². The Bertz CT molecular complexity index is 748. The number of nitrogens with zero attached hydrogens (tertiary/aromatic N) is 1. The van der Waals surface area contributed by atoms with Gasteiger partial charge in [0.05, 0.1) is 5.56 Å². The number of primary amides is 1. The van der Waals surface area contributed by atoms with E-state index in [2.05, 4.69) is 10.5 Å². The molecule has 0 unspecified atom stereocenters. The number of nitrogens with two attached hydrogens (primary N) is 1. The molecule has 3 N–H and O–H groups in total. The third-order valence-corrected chi connectivity index (χ3v) is 5.14. The summed E-state index contributed by atoms with van der Waals surface area (Å²) in [5, 5.41) is 7.09. The van der Waals surface area contributed by atoms with Crippen molar-refractivity contribution in [1.82, 2.24) is 5.16 Å². The van der Waals surface area contributed by atoms with Crippen LogP contribution in [-0.4, -0.2) is 17.0 Å². The average Bonchev–Trinajstić information content (AvgIpc) is 3.11. The maximum Gasteiger partial charge on any atom is 0.278 e. The number of nitrogens with one attached hydrogen (secondary N) is 1. The highest BCUT2D eigenvalue weighted by Crippen LogP contribution is 2.38. The molecule has 0 saturated heterocycles. The third kappa shape index (κ3) is 3.14. The van der Waals surface area contributed by atoms with Gasteiger partial charge in [-0.1, -0.05) is 12.1 Å². The fourth-order valence-corrected chi connectivity index (χ4v) is 4.16. The Hall–Kier alpha value is -2.15. The summed E-state index contributed by atoms with van der Waals surface area (Å²) in [5.41, 5.74) is 7.19. The molecule has 3 rings (SSSR count). The molecule has 0 aliphatic heterocycles. The van der Waals surface area contributed by atoms with Crippen molar-refractivity contribution >= 4 is 28.2 Å². The lowest BCUT2D eigenvalue weighted by molar-refractivity contribution is 0.100. The number of carbonyl (C=O) groups is 2. The number of anilines is 1. The minimum absolute atomic E-state index is 0.218. The zero-order chi connectivity index (χ0) is 16.4. The Labute approximate surface area is 138 Å². The Morgan fingerprint density at radius 2 is 2.17 bits per heavy atom. The molecule has 6 nitrogen and oxygen atoms in total. The minimum atomic E-state index is -0.494. The van der Waals surface area contributed by atoms with E-state index in [1.54, 1.807) is 6.07 Å². The first-order valence-corrected chi connectivity index (χ1v) is 8.63. The van der Waals surface area contributed by atoms with Gasteiger partial charge in [0.2, 0.25) is 0 Å². The van der Waals surface area contributed by atoms with Gasteiger partial charge in [-0.15, -0.1) is 11.3 Å². The van der Waals surface area contributed by atoms with Crippen molar-refractivity contribution < 1.29 is 14.1 Å². The van der Waals surface area contributed by atoms with E-state index in [-0.39, 0.29) is 11.6 Å². The summed E-state index contributed by atoms with van der Waals surface area (Å²) in [6.45, 7) is 2.03. The van der Waals surface area contributed by atoms with E-state index >= 15 is 0 Å². The number of fused-ring (bicyclic) bond motifs is 1. The number of thiophene rings is 1. The van der Waals surface area contributed by atoms with Crippen LogP contribution in [0.25, 0.3) is 0 Å². The number of amides is 2. The summed E-state index contributed by atoms with van der Waals surface area (Å²) in [5.74, 6) is -0.193. The van der Waals surface area contributed by atoms with E-state index in [0.29, 0.717) is 16.3 Å². The maximum atomic E-state index is 12.3. The number of aryl methyl sites for hydroxylation is 2. The molecule has 0 aromatic carbocycles. The van der Waals surface area contributed by atoms with Crippen molar-refractivity contribution in [2.45, 2.75) is 45.4 Å². The van der Waals surface area contributed by atoms with Crippen molar-refractivity contribution in [3.8, 4) is 0 Å². The zero-order valence-corrected chi connectivity index (χ0v) is 13.8. The Kier molecular flexibility index (Phi) is 4.47. The van der Waals surface area contributed by atoms with Crippen LogP contribution >= 0.6 is 11.3 Å². The molecule has 2 heterocycles. The van der Waals surface area contributed by atoms with Crippen molar-refractivity contribution in [2.24, 2.45) is 5.73 Å². The second-order valence-electron chi connectivity index (χ2n) is 5.66. The fraction of sp³-hybridized carbons (Fsp3) is 0.438. The van der Waals surface area contributed by atoms with Gasteiger partial charge in [-0.05, 0) is 37.7 Å². The van der Waals surface area contributed by atoms with Crippen LogP contribution in [0.5, 0.6) is 0 Å². The first kappa shape index (κ1) is 15.7. The van der Waals surface area contributed by atoms with Crippen LogP contribution in [0.4, 0.5) is 5.00 Å². The standard InChI is InChI=1S/C16H19N3O3S/c1-2-5-9-8-11(19-22-9)15(21)18-16-13(14(17)20)10-6-3-4-7-12(10)23-16/h8H,2-7H2,1H3,(H2,17,20)(H,18,21). The first-order chi connectivity index (χ1) is 11.1. The van der Waals surface area contributed by atoms with Crippen LogP contribution in [0.15, 0.2) is 10.6 Å². The molecule has 7 heteroatoms. The lowest BCUT2D eigenvalue weighted by Gasteiger charge is -2.11. The third-order valence-electron chi connectivity index (χ3n) is 3.93. The maximum absolute atomic E-state index is 12.3. The monoisotopic (exact) mass is 333 g/mol. The Morgan fingerprint density at radius 1 is 1.39 bits per heavy atom. The van der Waals surface area contributed by atoms with Crippen LogP contribution < -0.4 is 11.1 Å². The van der Waals surface area contributed by atoms with E-state index in [9.17, 15) is 9.59 Å². The molecule has 0 bridgehead atoms. The summed E-state index contributed by atoms with van der Waals surface area (Å²) in [4.78, 5) is 25.3. The highest BCUT2D eigenvalue weighted by molar-refractivity contribution is 7.17. The number of rotatable bonds is 5. The van der Waals surface area contributed by atoms with Crippen LogP contribution in [0, 0.1) is 0 Å². The lowest BCUT2D eigenvalue weighted by Crippen LogP contribution is -2.18. The number of hydrogen-bond acceptors (Lipinski definition) is 5. The van der Waals surface area contributed by atoms with Crippen molar-refractivity contribution in [3.05, 3.63) is 33.5 Å².